The van der Waals surface area contributed by atoms with Gasteiger partial charge in [0.25, 0.3) is 0 Å². The number of aromatic nitrogens is 3. The summed E-state index contributed by atoms with van der Waals surface area (Å²) in [6.45, 7) is 7.72. The number of benzene rings is 2. The largest absolute Gasteiger partial charge is 0.508 e. The van der Waals surface area contributed by atoms with Crippen LogP contribution in [0.2, 0.25) is 0 Å². The van der Waals surface area contributed by atoms with E-state index in [1.165, 1.54) is 6.21 Å². The summed E-state index contributed by atoms with van der Waals surface area (Å²) in [6.07, 6.45) is 6.39. The summed E-state index contributed by atoms with van der Waals surface area (Å²) in [5.41, 5.74) is 10.2. The van der Waals surface area contributed by atoms with Crippen molar-refractivity contribution < 1.29 is 5.11 Å². The van der Waals surface area contributed by atoms with Crippen LogP contribution in [0.1, 0.15) is 24.0 Å². The molecule has 37 heavy (non-hydrogen) atoms. The SMILES string of the molecule is C=C(/C=C(/C)C=N)c1cc(C)nc(N/N=C/c2ccc(Nc3ccc(-c4cccc(O)c4)cc3)cn2)n1. The Morgan fingerprint density at radius 1 is 1.00 bits per heavy atom. The summed E-state index contributed by atoms with van der Waals surface area (Å²) in [7, 11) is 0. The zero-order chi connectivity index (χ0) is 26.2. The van der Waals surface area contributed by atoms with E-state index in [1.807, 2.05) is 68.4 Å². The van der Waals surface area contributed by atoms with Gasteiger partial charge in [0.15, 0.2) is 0 Å². The van der Waals surface area contributed by atoms with E-state index in [9.17, 15) is 5.11 Å². The molecule has 8 nitrogen and oxygen atoms in total. The van der Waals surface area contributed by atoms with Crippen LogP contribution in [-0.2, 0) is 0 Å². The van der Waals surface area contributed by atoms with E-state index in [1.54, 1.807) is 30.6 Å². The molecule has 0 spiro atoms. The first-order valence-corrected chi connectivity index (χ1v) is 11.5. The highest BCUT2D eigenvalue weighted by Crippen LogP contribution is 2.25. The number of aromatic hydroxyl groups is 1. The molecule has 0 unspecified atom stereocenters. The summed E-state index contributed by atoms with van der Waals surface area (Å²) in [4.78, 5) is 13.2. The van der Waals surface area contributed by atoms with Gasteiger partial charge < -0.3 is 15.8 Å². The van der Waals surface area contributed by atoms with Crippen molar-refractivity contribution in [2.45, 2.75) is 13.8 Å². The number of phenolic OH excluding ortho intramolecular Hbond substituents is 1. The molecule has 0 aliphatic rings. The lowest BCUT2D eigenvalue weighted by Gasteiger charge is -2.08. The third-order valence-electron chi connectivity index (χ3n) is 5.31. The maximum absolute atomic E-state index is 9.68. The van der Waals surface area contributed by atoms with Crippen LogP contribution < -0.4 is 10.7 Å². The Bertz CT molecular complexity index is 1470. The Kier molecular flexibility index (Phi) is 7.80. The number of hydrogen-bond donors (Lipinski definition) is 4. The lowest BCUT2D eigenvalue weighted by Crippen LogP contribution is -2.02. The number of anilines is 3. The van der Waals surface area contributed by atoms with Crippen molar-refractivity contribution in [3.05, 3.63) is 108 Å². The molecule has 2 heterocycles. The molecule has 0 bridgehead atoms. The Hall–Kier alpha value is -5.11. The molecule has 0 amide bonds. The molecule has 0 saturated heterocycles. The molecule has 4 rings (SSSR count). The van der Waals surface area contributed by atoms with Crippen LogP contribution in [0.25, 0.3) is 16.7 Å². The van der Waals surface area contributed by atoms with E-state index >= 15 is 0 Å². The first-order chi connectivity index (χ1) is 17.9. The highest BCUT2D eigenvalue weighted by molar-refractivity contribution is 5.82. The van der Waals surface area contributed by atoms with Gasteiger partial charge in [-0.3, -0.25) is 4.98 Å². The Morgan fingerprint density at radius 3 is 2.49 bits per heavy atom. The van der Waals surface area contributed by atoms with Crippen molar-refractivity contribution >= 4 is 35.3 Å². The van der Waals surface area contributed by atoms with Crippen molar-refractivity contribution in [3.63, 3.8) is 0 Å². The van der Waals surface area contributed by atoms with Gasteiger partial charge in [0, 0.05) is 17.6 Å². The van der Waals surface area contributed by atoms with Gasteiger partial charge in [0.2, 0.25) is 5.95 Å². The van der Waals surface area contributed by atoms with Gasteiger partial charge in [0.05, 0.1) is 29.5 Å². The van der Waals surface area contributed by atoms with Crippen molar-refractivity contribution in [1.82, 2.24) is 15.0 Å². The average Bonchev–Trinajstić information content (AvgIpc) is 2.90. The Morgan fingerprint density at radius 2 is 1.78 bits per heavy atom. The molecule has 0 aliphatic carbocycles. The maximum Gasteiger partial charge on any atom is 0.244 e. The highest BCUT2D eigenvalue weighted by Gasteiger charge is 2.05. The molecule has 0 radical (unpaired) electrons. The van der Waals surface area contributed by atoms with Gasteiger partial charge in [-0.15, -0.1) is 0 Å². The van der Waals surface area contributed by atoms with Gasteiger partial charge in [-0.05, 0) is 84.7 Å². The molecule has 4 aromatic rings. The Balaban J connectivity index is 1.37. The second kappa shape index (κ2) is 11.5. The van der Waals surface area contributed by atoms with Crippen molar-refractivity contribution in [2.75, 3.05) is 10.7 Å². The standard InChI is InChI=1S/C29H27N7O/c1-19(16-30)13-20(2)28-14-21(3)33-29(35-28)36-32-18-25-11-12-26(17-31-25)34-24-9-7-22(8-10-24)23-5-4-6-27(37)15-23/h4-18,30,34,37H,2H2,1,3H3,(H,33,35,36)/b19-13-,30-16?,32-18+. The number of aryl methyl sites for hydroxylation is 1. The van der Waals surface area contributed by atoms with Crippen molar-refractivity contribution in [1.29, 1.82) is 5.41 Å². The van der Waals surface area contributed by atoms with Gasteiger partial charge in [-0.25, -0.2) is 15.4 Å². The predicted molar refractivity (Wildman–Crippen MR) is 151 cm³/mol. The van der Waals surface area contributed by atoms with E-state index < -0.39 is 0 Å². The van der Waals surface area contributed by atoms with E-state index in [-0.39, 0.29) is 5.75 Å². The molecular weight excluding hydrogens is 462 g/mol. The van der Waals surface area contributed by atoms with Crippen LogP contribution in [0.15, 0.2) is 96.3 Å². The van der Waals surface area contributed by atoms with Crippen molar-refractivity contribution in [3.8, 4) is 16.9 Å². The lowest BCUT2D eigenvalue weighted by atomic mass is 10.1. The third-order valence-corrected chi connectivity index (χ3v) is 5.31. The van der Waals surface area contributed by atoms with Crippen LogP contribution in [0.5, 0.6) is 5.75 Å². The fourth-order valence-electron chi connectivity index (χ4n) is 3.48. The number of nitrogens with zero attached hydrogens (tertiary/aromatic N) is 4. The minimum Gasteiger partial charge on any atom is -0.508 e. The molecule has 184 valence electrons. The van der Waals surface area contributed by atoms with E-state index in [4.69, 9.17) is 5.41 Å². The van der Waals surface area contributed by atoms with Gasteiger partial charge >= 0.3 is 0 Å². The quantitative estimate of drug-likeness (QED) is 0.124. The van der Waals surface area contributed by atoms with E-state index in [0.717, 1.165) is 33.8 Å². The van der Waals surface area contributed by atoms with Crippen molar-refractivity contribution in [2.24, 2.45) is 5.10 Å². The van der Waals surface area contributed by atoms with Crippen LogP contribution in [-0.4, -0.2) is 32.5 Å². The topological polar surface area (TPSA) is 119 Å². The smallest absolute Gasteiger partial charge is 0.244 e. The van der Waals surface area contributed by atoms with Gasteiger partial charge in [-0.2, -0.15) is 5.10 Å². The number of nitrogens with one attached hydrogen (secondary N) is 3. The summed E-state index contributed by atoms with van der Waals surface area (Å²) in [6, 6.07) is 20.7. The molecule has 2 aromatic carbocycles. The summed E-state index contributed by atoms with van der Waals surface area (Å²) in [5, 5.41) is 24.5. The zero-order valence-corrected chi connectivity index (χ0v) is 20.6. The summed E-state index contributed by atoms with van der Waals surface area (Å²) in [5.74, 6) is 0.593. The summed E-state index contributed by atoms with van der Waals surface area (Å²) < 4.78 is 0. The number of rotatable bonds is 9. The first-order valence-electron chi connectivity index (χ1n) is 11.5. The monoisotopic (exact) mass is 489 g/mol. The van der Waals surface area contributed by atoms with Crippen LogP contribution in [0.4, 0.5) is 17.3 Å². The highest BCUT2D eigenvalue weighted by atomic mass is 16.3. The molecule has 0 saturated carbocycles. The number of pyridine rings is 1. The minimum atomic E-state index is 0.245. The first kappa shape index (κ1) is 25.0. The number of hydrogen-bond acceptors (Lipinski definition) is 8. The average molecular weight is 490 g/mol. The fourth-order valence-corrected chi connectivity index (χ4v) is 3.48. The lowest BCUT2D eigenvalue weighted by molar-refractivity contribution is 0.475. The molecule has 0 aliphatic heterocycles. The molecule has 8 heteroatoms. The second-order valence-electron chi connectivity index (χ2n) is 8.37. The third kappa shape index (κ3) is 6.95. The molecule has 0 atom stereocenters. The normalized spacial score (nSPS) is 11.4. The molecule has 4 N–H and O–H groups in total. The van der Waals surface area contributed by atoms with Crippen LogP contribution in [0.3, 0.4) is 0 Å². The minimum absolute atomic E-state index is 0.245. The van der Waals surface area contributed by atoms with Crippen LogP contribution in [0, 0.1) is 12.3 Å². The van der Waals surface area contributed by atoms with Crippen LogP contribution >= 0.6 is 0 Å². The maximum atomic E-state index is 9.68. The molecule has 2 aromatic heterocycles. The van der Waals surface area contributed by atoms with Gasteiger partial charge in [0.1, 0.15) is 5.75 Å². The Labute approximate surface area is 215 Å². The number of phenols is 1. The predicted octanol–water partition coefficient (Wildman–Crippen LogP) is 6.35. The van der Waals surface area contributed by atoms with E-state index in [2.05, 4.69) is 37.4 Å². The summed E-state index contributed by atoms with van der Waals surface area (Å²) >= 11 is 0. The fraction of sp³-hybridized carbons (Fsp3) is 0.0690. The second-order valence-corrected chi connectivity index (χ2v) is 8.37. The van der Waals surface area contributed by atoms with Gasteiger partial charge in [-0.1, -0.05) is 30.8 Å². The zero-order valence-electron chi connectivity index (χ0n) is 20.6. The molecular formula is C29H27N7O. The molecule has 0 fully saturated rings. The number of hydrazone groups is 1. The van der Waals surface area contributed by atoms with E-state index in [0.29, 0.717) is 22.9 Å². The number of allylic oxidation sites excluding steroid dienone is 3.